The molecular formula is C38H69O10P. The van der Waals surface area contributed by atoms with E-state index in [1.165, 1.54) is 32.1 Å². The Hall–Kier alpha value is -1.81. The fourth-order valence-corrected chi connectivity index (χ4v) is 5.61. The topological polar surface area (TPSA) is 149 Å². The minimum absolute atomic E-state index is 0.175. The van der Waals surface area contributed by atoms with E-state index < -0.39 is 58.4 Å². The number of phosphoric acid groups is 1. The zero-order valence-corrected chi connectivity index (χ0v) is 31.5. The Morgan fingerprint density at radius 1 is 0.551 bits per heavy atom. The van der Waals surface area contributed by atoms with Crippen LogP contribution in [-0.2, 0) is 32.7 Å². The highest BCUT2D eigenvalue weighted by Gasteiger charge is 2.27. The van der Waals surface area contributed by atoms with Crippen molar-refractivity contribution in [3.05, 3.63) is 36.5 Å². The number of ether oxygens (including phenoxy) is 2. The lowest BCUT2D eigenvalue weighted by Crippen LogP contribution is -2.28. The highest BCUT2D eigenvalue weighted by Crippen LogP contribution is 2.43. The van der Waals surface area contributed by atoms with Gasteiger partial charge in [0.2, 0.25) is 0 Å². The van der Waals surface area contributed by atoms with E-state index in [0.717, 1.165) is 83.5 Å². The van der Waals surface area contributed by atoms with Gasteiger partial charge < -0.3 is 24.6 Å². The second-order valence-corrected chi connectivity index (χ2v) is 14.0. The zero-order chi connectivity index (χ0) is 36.3. The minimum Gasteiger partial charge on any atom is -0.457 e. The molecule has 286 valence electrons. The summed E-state index contributed by atoms with van der Waals surface area (Å²) in [6.07, 6.45) is 32.6. The fraction of sp³-hybridized carbons (Fsp3) is 0.789. The maximum atomic E-state index is 12.3. The van der Waals surface area contributed by atoms with Gasteiger partial charge in [0.25, 0.3) is 0 Å². The van der Waals surface area contributed by atoms with Crippen LogP contribution in [-0.4, -0.2) is 65.7 Å². The van der Waals surface area contributed by atoms with Crippen molar-refractivity contribution in [3.63, 3.8) is 0 Å². The van der Waals surface area contributed by atoms with Crippen LogP contribution in [0.1, 0.15) is 155 Å². The molecule has 11 heteroatoms. The van der Waals surface area contributed by atoms with Gasteiger partial charge >= 0.3 is 19.8 Å². The third-order valence-corrected chi connectivity index (χ3v) is 8.78. The smallest absolute Gasteiger partial charge is 0.457 e. The normalized spacial score (nSPS) is 14.5. The van der Waals surface area contributed by atoms with Gasteiger partial charge in [-0.2, -0.15) is 0 Å². The molecule has 3 N–H and O–H groups in total. The van der Waals surface area contributed by atoms with E-state index >= 15 is 0 Å². The van der Waals surface area contributed by atoms with E-state index in [9.17, 15) is 29.3 Å². The molecule has 0 rings (SSSR count). The summed E-state index contributed by atoms with van der Waals surface area (Å²) in [5.74, 6) is -1.05. The first-order chi connectivity index (χ1) is 23.8. The molecule has 0 saturated heterocycles. The van der Waals surface area contributed by atoms with Gasteiger partial charge in [-0.05, 0) is 64.2 Å². The molecule has 0 heterocycles. The molecule has 0 fully saturated rings. The van der Waals surface area contributed by atoms with Gasteiger partial charge in [0.05, 0.1) is 26.4 Å². The van der Waals surface area contributed by atoms with E-state index in [0.29, 0.717) is 12.8 Å². The van der Waals surface area contributed by atoms with E-state index in [-0.39, 0.29) is 12.8 Å². The van der Waals surface area contributed by atoms with Crippen LogP contribution < -0.4 is 0 Å². The van der Waals surface area contributed by atoms with Crippen molar-refractivity contribution in [1.82, 2.24) is 0 Å². The first-order valence-corrected chi connectivity index (χ1v) is 20.4. The molecule has 0 amide bonds. The summed E-state index contributed by atoms with van der Waals surface area (Å²) in [5, 5.41) is 19.1. The molecule has 3 unspecified atom stereocenters. The fourth-order valence-electron chi connectivity index (χ4n) is 4.83. The highest BCUT2D eigenvalue weighted by atomic mass is 31.2. The Morgan fingerprint density at radius 3 is 1.35 bits per heavy atom. The number of carbonyl (C=O) groups excluding carboxylic acids is 2. The molecule has 10 nitrogen and oxygen atoms in total. The molecule has 0 aliphatic rings. The lowest BCUT2D eigenvalue weighted by Gasteiger charge is -2.20. The van der Waals surface area contributed by atoms with Crippen molar-refractivity contribution >= 4 is 19.8 Å². The number of aliphatic hydroxyl groups excluding tert-OH is 2. The molecule has 0 bridgehead atoms. The van der Waals surface area contributed by atoms with Crippen LogP contribution in [0.3, 0.4) is 0 Å². The van der Waals surface area contributed by atoms with E-state index in [2.05, 4.69) is 50.3 Å². The third kappa shape index (κ3) is 33.1. The van der Waals surface area contributed by atoms with Crippen molar-refractivity contribution in [3.8, 4) is 0 Å². The molecule has 0 aliphatic carbocycles. The van der Waals surface area contributed by atoms with Crippen LogP contribution >= 0.6 is 7.82 Å². The molecule has 0 aromatic heterocycles. The monoisotopic (exact) mass is 716 g/mol. The molecule has 0 saturated carbocycles. The van der Waals surface area contributed by atoms with Crippen LogP contribution in [0.5, 0.6) is 0 Å². The lowest BCUT2D eigenvalue weighted by atomic mass is 10.1. The predicted molar refractivity (Wildman–Crippen MR) is 196 cm³/mol. The summed E-state index contributed by atoms with van der Waals surface area (Å²) in [4.78, 5) is 34.3. The zero-order valence-electron chi connectivity index (χ0n) is 30.7. The average molecular weight is 717 g/mol. The van der Waals surface area contributed by atoms with Crippen LogP contribution in [0, 0.1) is 0 Å². The number of aliphatic hydroxyl groups is 2. The second kappa shape index (κ2) is 34.6. The van der Waals surface area contributed by atoms with E-state index in [1.54, 1.807) is 0 Å². The van der Waals surface area contributed by atoms with Crippen molar-refractivity contribution in [2.75, 3.05) is 26.4 Å². The number of allylic oxidation sites excluding steroid dienone is 6. The first kappa shape index (κ1) is 47.2. The van der Waals surface area contributed by atoms with Gasteiger partial charge in [0.15, 0.2) is 0 Å². The van der Waals surface area contributed by atoms with Crippen LogP contribution in [0.4, 0.5) is 0 Å². The van der Waals surface area contributed by atoms with Gasteiger partial charge in [-0.1, -0.05) is 115 Å². The van der Waals surface area contributed by atoms with Crippen LogP contribution in [0.15, 0.2) is 36.5 Å². The third-order valence-electron chi connectivity index (χ3n) is 7.82. The number of rotatable bonds is 35. The number of hydrogen-bond acceptors (Lipinski definition) is 9. The van der Waals surface area contributed by atoms with Gasteiger partial charge in [-0.15, -0.1) is 0 Å². The van der Waals surface area contributed by atoms with Crippen LogP contribution in [0.2, 0.25) is 0 Å². The molecule has 0 spiro atoms. The Morgan fingerprint density at radius 2 is 0.918 bits per heavy atom. The minimum atomic E-state index is -4.63. The number of esters is 2. The molecule has 0 aromatic rings. The van der Waals surface area contributed by atoms with Gasteiger partial charge in [-0.25, -0.2) is 4.57 Å². The van der Waals surface area contributed by atoms with Crippen molar-refractivity contribution in [2.24, 2.45) is 0 Å². The predicted octanol–water partition coefficient (Wildman–Crippen LogP) is 9.22. The number of carbonyl (C=O) groups is 2. The molecule has 0 aromatic carbocycles. The molecule has 3 atom stereocenters. The quantitative estimate of drug-likeness (QED) is 0.0251. The highest BCUT2D eigenvalue weighted by molar-refractivity contribution is 7.47. The SMILES string of the molecule is CCCC/C=C\CCCCCCCC(=O)OC(CO)COP(=O)(O)OCC(CO)OC(=O)CCCCCCC/C=C\C/C=C\CCCCC. The van der Waals surface area contributed by atoms with Crippen molar-refractivity contribution in [1.29, 1.82) is 0 Å². The molecular weight excluding hydrogens is 647 g/mol. The van der Waals surface area contributed by atoms with Crippen molar-refractivity contribution in [2.45, 2.75) is 167 Å². The largest absolute Gasteiger partial charge is 0.472 e. The number of hydrogen-bond donors (Lipinski definition) is 3. The molecule has 0 aliphatic heterocycles. The maximum Gasteiger partial charge on any atom is 0.472 e. The number of phosphoric ester groups is 1. The van der Waals surface area contributed by atoms with Gasteiger partial charge in [-0.3, -0.25) is 18.6 Å². The van der Waals surface area contributed by atoms with Gasteiger partial charge in [0.1, 0.15) is 12.2 Å². The van der Waals surface area contributed by atoms with Gasteiger partial charge in [0, 0.05) is 12.8 Å². The van der Waals surface area contributed by atoms with Crippen LogP contribution in [0.25, 0.3) is 0 Å². The Labute approximate surface area is 297 Å². The Kier molecular flexibility index (Phi) is 33.4. The summed E-state index contributed by atoms with van der Waals surface area (Å²) in [5.41, 5.74) is 0. The average Bonchev–Trinajstić information content (AvgIpc) is 3.09. The standard InChI is InChI=1S/C38H69O10P/c1-3-5-7-9-11-13-15-16-17-18-20-22-24-26-28-30-38(42)48-36(32-40)34-46-49(43,44)45-33-35(31-39)47-37(41)29-27-25-23-21-19-14-12-10-8-6-4-2/h10-13,16-17,35-36,39-40H,3-9,14-15,18-34H2,1-2H3,(H,43,44)/b12-10-,13-11-,17-16-. The first-order valence-electron chi connectivity index (χ1n) is 18.9. The van der Waals surface area contributed by atoms with E-state index in [4.69, 9.17) is 18.5 Å². The Bertz CT molecular complexity index is 920. The van der Waals surface area contributed by atoms with E-state index in [1.807, 2.05) is 0 Å². The second-order valence-electron chi connectivity index (χ2n) is 12.5. The maximum absolute atomic E-state index is 12.3. The lowest BCUT2D eigenvalue weighted by molar-refractivity contribution is -0.153. The molecule has 0 radical (unpaired) electrons. The summed E-state index contributed by atoms with van der Waals surface area (Å²) >= 11 is 0. The summed E-state index contributed by atoms with van der Waals surface area (Å²) in [6, 6.07) is 0. The summed E-state index contributed by atoms with van der Waals surface area (Å²) in [7, 11) is -4.63. The number of unbranched alkanes of at least 4 members (excludes halogenated alkanes) is 15. The van der Waals surface area contributed by atoms with Crippen molar-refractivity contribution < 1.29 is 47.8 Å². The summed E-state index contributed by atoms with van der Waals surface area (Å²) in [6.45, 7) is 2.09. The Balaban J connectivity index is 4.02. The molecule has 49 heavy (non-hydrogen) atoms. The summed E-state index contributed by atoms with van der Waals surface area (Å²) < 4.78 is 32.4.